The number of carbonyl (C=O) groups is 2. The van der Waals surface area contributed by atoms with Crippen molar-refractivity contribution < 1.29 is 19.1 Å². The first-order chi connectivity index (χ1) is 11.1. The van der Waals surface area contributed by atoms with Gasteiger partial charge in [0.2, 0.25) is 11.8 Å². The Morgan fingerprint density at radius 2 is 2.26 bits per heavy atom. The van der Waals surface area contributed by atoms with E-state index in [9.17, 15) is 9.59 Å². The number of amides is 2. The van der Waals surface area contributed by atoms with Crippen LogP contribution in [0.4, 0.5) is 16.3 Å². The maximum Gasteiger partial charge on any atom is 0.415 e. The van der Waals surface area contributed by atoms with E-state index in [4.69, 9.17) is 9.47 Å². The van der Waals surface area contributed by atoms with E-state index in [-0.39, 0.29) is 24.9 Å². The average molecular weight is 315 g/mol. The smallest absolute Gasteiger partial charge is 0.415 e. The molecule has 1 aliphatic heterocycles. The molecule has 0 fully saturated rings. The van der Waals surface area contributed by atoms with Gasteiger partial charge in [-0.1, -0.05) is 31.4 Å². The van der Waals surface area contributed by atoms with E-state index in [1.807, 2.05) is 0 Å². The molecule has 0 saturated heterocycles. The molecule has 7 nitrogen and oxygen atoms in total. The van der Waals surface area contributed by atoms with Crippen LogP contribution >= 0.6 is 0 Å². The fourth-order valence-electron chi connectivity index (χ4n) is 1.97. The molecule has 2 amide bonds. The standard InChI is InChI=1S/C16H17N3O4/c1-4-6-11(5-2)10-23-16(21)19-9-13(20)17-15-12(19)7-8-14(18-15)22-3/h4-8H,1-2,9-10H2,3H3,(H,17,18,20)/b11-6+. The van der Waals surface area contributed by atoms with Crippen LogP contribution in [0.15, 0.2) is 49.1 Å². The van der Waals surface area contributed by atoms with Crippen LogP contribution in [-0.4, -0.2) is 37.2 Å². The first-order valence-corrected chi connectivity index (χ1v) is 6.82. The van der Waals surface area contributed by atoms with Crippen molar-refractivity contribution in [1.29, 1.82) is 0 Å². The summed E-state index contributed by atoms with van der Waals surface area (Å²) in [6, 6.07) is 3.24. The number of allylic oxidation sites excluding steroid dienone is 2. The van der Waals surface area contributed by atoms with Crippen molar-refractivity contribution in [2.45, 2.75) is 0 Å². The van der Waals surface area contributed by atoms with Gasteiger partial charge in [-0.3, -0.25) is 9.69 Å². The summed E-state index contributed by atoms with van der Waals surface area (Å²) < 4.78 is 10.2. The summed E-state index contributed by atoms with van der Waals surface area (Å²) >= 11 is 0. The molecular weight excluding hydrogens is 298 g/mol. The van der Waals surface area contributed by atoms with Crippen molar-refractivity contribution in [2.75, 3.05) is 30.5 Å². The first-order valence-electron chi connectivity index (χ1n) is 6.82. The predicted octanol–water partition coefficient (Wildman–Crippen LogP) is 2.28. The third-order valence-corrected chi connectivity index (χ3v) is 3.08. The molecule has 23 heavy (non-hydrogen) atoms. The van der Waals surface area contributed by atoms with Gasteiger partial charge in [-0.15, -0.1) is 0 Å². The first kappa shape index (κ1) is 16.3. The summed E-state index contributed by atoms with van der Waals surface area (Å²) in [6.45, 7) is 7.09. The fourth-order valence-corrected chi connectivity index (χ4v) is 1.97. The molecule has 1 aromatic heterocycles. The van der Waals surface area contributed by atoms with Crippen LogP contribution in [0.3, 0.4) is 0 Å². The summed E-state index contributed by atoms with van der Waals surface area (Å²) in [5, 5.41) is 2.60. The maximum atomic E-state index is 12.3. The van der Waals surface area contributed by atoms with E-state index in [0.29, 0.717) is 17.1 Å². The van der Waals surface area contributed by atoms with Crippen molar-refractivity contribution in [3.8, 4) is 5.88 Å². The fraction of sp³-hybridized carbons (Fsp3) is 0.188. The second kappa shape index (κ2) is 7.26. The van der Waals surface area contributed by atoms with Gasteiger partial charge >= 0.3 is 6.09 Å². The zero-order valence-electron chi connectivity index (χ0n) is 12.7. The molecule has 0 atom stereocenters. The van der Waals surface area contributed by atoms with Crippen molar-refractivity contribution >= 4 is 23.5 Å². The Bertz CT molecular complexity index is 682. The van der Waals surface area contributed by atoms with E-state index in [0.717, 1.165) is 0 Å². The number of nitrogens with zero attached hydrogens (tertiary/aromatic N) is 2. The quantitative estimate of drug-likeness (QED) is 0.843. The number of methoxy groups -OCH3 is 1. The van der Waals surface area contributed by atoms with E-state index in [2.05, 4.69) is 23.5 Å². The topological polar surface area (TPSA) is 80.8 Å². The average Bonchev–Trinajstić information content (AvgIpc) is 2.56. The highest BCUT2D eigenvalue weighted by molar-refractivity contribution is 6.07. The summed E-state index contributed by atoms with van der Waals surface area (Å²) in [6.07, 6.45) is 4.18. The Kier molecular flexibility index (Phi) is 5.14. The van der Waals surface area contributed by atoms with E-state index < -0.39 is 6.09 Å². The Hall–Kier alpha value is -3.09. The zero-order chi connectivity index (χ0) is 16.8. The van der Waals surface area contributed by atoms with Crippen molar-refractivity contribution in [2.24, 2.45) is 0 Å². The number of anilines is 2. The van der Waals surface area contributed by atoms with Crippen LogP contribution in [0.2, 0.25) is 0 Å². The molecule has 7 heteroatoms. The highest BCUT2D eigenvalue weighted by Gasteiger charge is 2.29. The van der Waals surface area contributed by atoms with Gasteiger partial charge in [-0.25, -0.2) is 4.79 Å². The van der Waals surface area contributed by atoms with Crippen molar-refractivity contribution in [3.05, 3.63) is 49.1 Å². The van der Waals surface area contributed by atoms with E-state index in [1.165, 1.54) is 12.0 Å². The van der Waals surface area contributed by atoms with Gasteiger partial charge in [0.25, 0.3) is 0 Å². The highest BCUT2D eigenvalue weighted by Crippen LogP contribution is 2.30. The highest BCUT2D eigenvalue weighted by atomic mass is 16.6. The molecule has 1 aromatic rings. The number of pyridine rings is 1. The maximum absolute atomic E-state index is 12.3. The lowest BCUT2D eigenvalue weighted by Crippen LogP contribution is -2.43. The lowest BCUT2D eigenvalue weighted by molar-refractivity contribution is -0.115. The summed E-state index contributed by atoms with van der Waals surface area (Å²) in [7, 11) is 1.47. The number of ether oxygens (including phenoxy) is 2. The lowest BCUT2D eigenvalue weighted by atomic mass is 10.2. The molecule has 2 rings (SSSR count). The monoisotopic (exact) mass is 315 g/mol. The Morgan fingerprint density at radius 1 is 1.48 bits per heavy atom. The van der Waals surface area contributed by atoms with Crippen LogP contribution in [0.1, 0.15) is 0 Å². The molecule has 0 unspecified atom stereocenters. The van der Waals surface area contributed by atoms with Crippen LogP contribution < -0.4 is 15.0 Å². The van der Waals surface area contributed by atoms with Crippen LogP contribution in [0.25, 0.3) is 0 Å². The lowest BCUT2D eigenvalue weighted by Gasteiger charge is -2.27. The molecule has 1 aliphatic rings. The Labute approximate surface area is 133 Å². The second-order valence-corrected chi connectivity index (χ2v) is 4.59. The molecule has 120 valence electrons. The largest absolute Gasteiger partial charge is 0.481 e. The summed E-state index contributed by atoms with van der Waals surface area (Å²) in [5.41, 5.74) is 1.14. The third-order valence-electron chi connectivity index (χ3n) is 3.08. The minimum atomic E-state index is -0.648. The van der Waals surface area contributed by atoms with Crippen LogP contribution in [0, 0.1) is 0 Å². The second-order valence-electron chi connectivity index (χ2n) is 4.59. The van der Waals surface area contributed by atoms with E-state index >= 15 is 0 Å². The van der Waals surface area contributed by atoms with Gasteiger partial charge in [0.15, 0.2) is 5.82 Å². The minimum absolute atomic E-state index is 0.0331. The van der Waals surface area contributed by atoms with Gasteiger partial charge in [-0.2, -0.15) is 4.98 Å². The molecule has 0 aromatic carbocycles. The summed E-state index contributed by atoms with van der Waals surface area (Å²) in [5.74, 6) is 0.228. The molecular formula is C16H17N3O4. The molecule has 0 spiro atoms. The van der Waals surface area contributed by atoms with Crippen LogP contribution in [-0.2, 0) is 9.53 Å². The van der Waals surface area contributed by atoms with Gasteiger partial charge < -0.3 is 14.8 Å². The van der Waals surface area contributed by atoms with Crippen molar-refractivity contribution in [3.63, 3.8) is 0 Å². The van der Waals surface area contributed by atoms with Gasteiger partial charge in [-0.05, 0) is 11.6 Å². The van der Waals surface area contributed by atoms with Crippen LogP contribution in [0.5, 0.6) is 5.88 Å². The SMILES string of the molecule is C=C/C=C(\C=C)COC(=O)N1CC(=O)Nc2nc(OC)ccc21. The molecule has 2 heterocycles. The molecule has 0 radical (unpaired) electrons. The van der Waals surface area contributed by atoms with Gasteiger partial charge in [0.05, 0.1) is 12.8 Å². The van der Waals surface area contributed by atoms with Crippen molar-refractivity contribution in [1.82, 2.24) is 4.98 Å². The molecule has 0 saturated carbocycles. The van der Waals surface area contributed by atoms with Gasteiger partial charge in [0, 0.05) is 6.07 Å². The number of aromatic nitrogens is 1. The number of fused-ring (bicyclic) bond motifs is 1. The Balaban J connectivity index is 2.18. The third kappa shape index (κ3) is 3.76. The molecule has 1 N–H and O–H groups in total. The van der Waals surface area contributed by atoms with Gasteiger partial charge in [0.1, 0.15) is 13.2 Å². The predicted molar refractivity (Wildman–Crippen MR) is 86.6 cm³/mol. The number of hydrogen-bond donors (Lipinski definition) is 1. The normalized spacial score (nSPS) is 13.7. The number of carbonyl (C=O) groups excluding carboxylic acids is 2. The summed E-state index contributed by atoms with van der Waals surface area (Å²) in [4.78, 5) is 29.3. The van der Waals surface area contributed by atoms with E-state index in [1.54, 1.807) is 30.4 Å². The molecule has 0 aliphatic carbocycles. The Morgan fingerprint density at radius 3 is 2.91 bits per heavy atom. The number of nitrogens with one attached hydrogen (secondary N) is 1. The zero-order valence-corrected chi connectivity index (χ0v) is 12.7. The molecule has 0 bridgehead atoms. The number of hydrogen-bond acceptors (Lipinski definition) is 5. The minimum Gasteiger partial charge on any atom is -0.481 e. The number of rotatable bonds is 5.